The number of rotatable bonds is 2. The second-order valence-electron chi connectivity index (χ2n) is 3.34. The van der Waals surface area contributed by atoms with Crippen LogP contribution in [-0.4, -0.2) is 12.9 Å². The summed E-state index contributed by atoms with van der Waals surface area (Å²) in [5.41, 5.74) is 0. The number of ether oxygens (including phenoxy) is 2. The molecule has 14 heavy (non-hydrogen) atoms. The molecule has 0 radical (unpaired) electrons. The molecular weight excluding hydrogens is 244 g/mol. The maximum absolute atomic E-state index is 5.72. The number of hydrogen-bond donors (Lipinski definition) is 0. The molecule has 1 aliphatic heterocycles. The summed E-state index contributed by atoms with van der Waals surface area (Å²) in [6.07, 6.45) is 3.26. The van der Waals surface area contributed by atoms with Gasteiger partial charge in [0.2, 0.25) is 0 Å². The number of hydrogen-bond acceptors (Lipinski definition) is 2. The lowest BCUT2D eigenvalue weighted by Crippen LogP contribution is -2.25. The molecule has 2 rings (SSSR count). The van der Waals surface area contributed by atoms with Gasteiger partial charge in [-0.1, -0.05) is 12.1 Å². The zero-order valence-corrected chi connectivity index (χ0v) is 9.50. The predicted molar refractivity (Wildman–Crippen MR) is 58.4 cm³/mol. The highest BCUT2D eigenvalue weighted by Gasteiger charge is 2.15. The van der Waals surface area contributed by atoms with Crippen molar-refractivity contribution in [3.63, 3.8) is 0 Å². The maximum atomic E-state index is 5.72. The zero-order valence-electron chi connectivity index (χ0n) is 7.91. The standard InChI is InChI=1S/C11H13BrO2/c12-9-5-1-2-6-10(9)14-11-7-3-4-8-13-11/h1-2,5-6,11H,3-4,7-8H2. The molecule has 0 bridgehead atoms. The van der Waals surface area contributed by atoms with Crippen molar-refractivity contribution >= 4 is 15.9 Å². The van der Waals surface area contributed by atoms with Crippen molar-refractivity contribution in [2.24, 2.45) is 0 Å². The van der Waals surface area contributed by atoms with Gasteiger partial charge in [-0.2, -0.15) is 0 Å². The van der Waals surface area contributed by atoms with E-state index in [0.29, 0.717) is 0 Å². The summed E-state index contributed by atoms with van der Waals surface area (Å²) in [5, 5.41) is 0. The van der Waals surface area contributed by atoms with Crippen LogP contribution in [0.1, 0.15) is 19.3 Å². The fraction of sp³-hybridized carbons (Fsp3) is 0.455. The van der Waals surface area contributed by atoms with Gasteiger partial charge < -0.3 is 9.47 Å². The maximum Gasteiger partial charge on any atom is 0.199 e. The van der Waals surface area contributed by atoms with E-state index in [1.807, 2.05) is 24.3 Å². The van der Waals surface area contributed by atoms with Crippen molar-refractivity contribution in [1.82, 2.24) is 0 Å². The first kappa shape index (κ1) is 9.99. The van der Waals surface area contributed by atoms with E-state index in [1.165, 1.54) is 6.42 Å². The summed E-state index contributed by atoms with van der Waals surface area (Å²) in [5.74, 6) is 0.861. The molecule has 1 aromatic rings. The predicted octanol–water partition coefficient (Wildman–Crippen LogP) is 3.35. The molecule has 1 atom stereocenters. The molecule has 2 nitrogen and oxygen atoms in total. The SMILES string of the molecule is Brc1ccccc1OC1CCCCO1. The molecule has 1 aliphatic rings. The first-order chi connectivity index (χ1) is 6.86. The van der Waals surface area contributed by atoms with E-state index in [2.05, 4.69) is 15.9 Å². The Labute approximate surface area is 92.3 Å². The third-order valence-electron chi connectivity index (χ3n) is 2.23. The highest BCUT2D eigenvalue weighted by molar-refractivity contribution is 9.10. The molecule has 0 N–H and O–H groups in total. The summed E-state index contributed by atoms with van der Waals surface area (Å²) >= 11 is 3.44. The van der Waals surface area contributed by atoms with Crippen molar-refractivity contribution in [3.05, 3.63) is 28.7 Å². The van der Waals surface area contributed by atoms with E-state index in [9.17, 15) is 0 Å². The third kappa shape index (κ3) is 2.49. The zero-order chi connectivity index (χ0) is 9.80. The van der Waals surface area contributed by atoms with Crippen LogP contribution in [0.3, 0.4) is 0 Å². The van der Waals surface area contributed by atoms with E-state index >= 15 is 0 Å². The van der Waals surface area contributed by atoms with Crippen molar-refractivity contribution < 1.29 is 9.47 Å². The Kier molecular flexibility index (Phi) is 3.43. The van der Waals surface area contributed by atoms with Crippen LogP contribution in [0.4, 0.5) is 0 Å². The summed E-state index contributed by atoms with van der Waals surface area (Å²) in [6, 6.07) is 7.85. The molecule has 1 heterocycles. The first-order valence-corrected chi connectivity index (χ1v) is 5.68. The van der Waals surface area contributed by atoms with E-state index in [-0.39, 0.29) is 6.29 Å². The van der Waals surface area contributed by atoms with Crippen LogP contribution in [0.2, 0.25) is 0 Å². The molecule has 3 heteroatoms. The first-order valence-electron chi connectivity index (χ1n) is 4.89. The van der Waals surface area contributed by atoms with Crippen LogP contribution in [0.15, 0.2) is 28.7 Å². The van der Waals surface area contributed by atoms with Gasteiger partial charge in [0.1, 0.15) is 5.75 Å². The van der Waals surface area contributed by atoms with Gasteiger partial charge in [0.15, 0.2) is 6.29 Å². The lowest BCUT2D eigenvalue weighted by Gasteiger charge is -2.23. The Morgan fingerprint density at radius 3 is 2.86 bits per heavy atom. The van der Waals surface area contributed by atoms with E-state index in [1.54, 1.807) is 0 Å². The van der Waals surface area contributed by atoms with Crippen molar-refractivity contribution in [1.29, 1.82) is 0 Å². The van der Waals surface area contributed by atoms with Crippen LogP contribution in [-0.2, 0) is 4.74 Å². The van der Waals surface area contributed by atoms with E-state index < -0.39 is 0 Å². The fourth-order valence-electron chi connectivity index (χ4n) is 1.49. The summed E-state index contributed by atoms with van der Waals surface area (Å²) in [4.78, 5) is 0. The second kappa shape index (κ2) is 4.80. The minimum Gasteiger partial charge on any atom is -0.464 e. The molecule has 1 saturated heterocycles. The van der Waals surface area contributed by atoms with Crippen LogP contribution in [0.25, 0.3) is 0 Å². The summed E-state index contributed by atoms with van der Waals surface area (Å²) in [7, 11) is 0. The van der Waals surface area contributed by atoms with Crippen molar-refractivity contribution in [2.75, 3.05) is 6.61 Å². The fourth-order valence-corrected chi connectivity index (χ4v) is 1.86. The highest BCUT2D eigenvalue weighted by atomic mass is 79.9. The number of halogens is 1. The lowest BCUT2D eigenvalue weighted by atomic mass is 10.2. The van der Waals surface area contributed by atoms with Crippen LogP contribution < -0.4 is 4.74 Å². The molecule has 1 aromatic carbocycles. The largest absolute Gasteiger partial charge is 0.464 e. The highest BCUT2D eigenvalue weighted by Crippen LogP contribution is 2.26. The molecule has 0 amide bonds. The Balaban J connectivity index is 1.99. The van der Waals surface area contributed by atoms with Gasteiger partial charge in [-0.05, 0) is 40.9 Å². The Bertz CT molecular complexity index is 295. The summed E-state index contributed by atoms with van der Waals surface area (Å²) < 4.78 is 12.2. The normalized spacial score (nSPS) is 21.9. The quantitative estimate of drug-likeness (QED) is 0.808. The van der Waals surface area contributed by atoms with E-state index in [0.717, 1.165) is 29.7 Å². The number of para-hydroxylation sites is 1. The number of benzene rings is 1. The van der Waals surface area contributed by atoms with Crippen LogP contribution in [0, 0.1) is 0 Å². The van der Waals surface area contributed by atoms with Gasteiger partial charge in [0, 0.05) is 6.42 Å². The second-order valence-corrected chi connectivity index (χ2v) is 4.20. The van der Waals surface area contributed by atoms with Gasteiger partial charge in [0.05, 0.1) is 11.1 Å². The molecule has 0 aliphatic carbocycles. The minimum absolute atomic E-state index is 0.0672. The third-order valence-corrected chi connectivity index (χ3v) is 2.89. The molecular formula is C11H13BrO2. The molecule has 0 aromatic heterocycles. The lowest BCUT2D eigenvalue weighted by molar-refractivity contribution is -0.106. The minimum atomic E-state index is -0.0672. The van der Waals surface area contributed by atoms with Gasteiger partial charge >= 0.3 is 0 Å². The van der Waals surface area contributed by atoms with Crippen molar-refractivity contribution in [2.45, 2.75) is 25.6 Å². The molecule has 1 unspecified atom stereocenters. The topological polar surface area (TPSA) is 18.5 Å². The van der Waals surface area contributed by atoms with E-state index in [4.69, 9.17) is 9.47 Å². The van der Waals surface area contributed by atoms with Gasteiger partial charge in [-0.25, -0.2) is 0 Å². The Hall–Kier alpha value is -0.540. The van der Waals surface area contributed by atoms with Crippen molar-refractivity contribution in [3.8, 4) is 5.75 Å². The molecule has 1 fully saturated rings. The summed E-state index contributed by atoms with van der Waals surface area (Å²) in [6.45, 7) is 0.815. The average molecular weight is 257 g/mol. The molecule has 0 saturated carbocycles. The molecule has 76 valence electrons. The van der Waals surface area contributed by atoms with Gasteiger partial charge in [-0.3, -0.25) is 0 Å². The monoisotopic (exact) mass is 256 g/mol. The van der Waals surface area contributed by atoms with Crippen LogP contribution >= 0.6 is 15.9 Å². The smallest absolute Gasteiger partial charge is 0.199 e. The van der Waals surface area contributed by atoms with Crippen LogP contribution in [0.5, 0.6) is 5.75 Å². The Morgan fingerprint density at radius 2 is 2.14 bits per heavy atom. The van der Waals surface area contributed by atoms with Gasteiger partial charge in [0.25, 0.3) is 0 Å². The average Bonchev–Trinajstić information content (AvgIpc) is 2.23. The Morgan fingerprint density at radius 1 is 1.29 bits per heavy atom. The van der Waals surface area contributed by atoms with Gasteiger partial charge in [-0.15, -0.1) is 0 Å². The molecule has 0 spiro atoms.